The van der Waals surface area contributed by atoms with Crippen LogP contribution in [0.2, 0.25) is 0 Å². The van der Waals surface area contributed by atoms with Crippen LogP contribution in [0.3, 0.4) is 0 Å². The van der Waals surface area contributed by atoms with E-state index in [-0.39, 0.29) is 93.6 Å². The third-order valence-electron chi connectivity index (χ3n) is 14.3. The van der Waals surface area contributed by atoms with Gasteiger partial charge in [-0.05, 0) is 70.9 Å². The van der Waals surface area contributed by atoms with Crippen LogP contribution in [-0.2, 0) is 59.2 Å². The number of benzene rings is 3. The molecule has 67 heavy (non-hydrogen) atoms. The normalized spacial score (nSPS) is 20.6. The Kier molecular flexibility index (Phi) is 14.8. The monoisotopic (exact) mass is 961 g/mol. The van der Waals surface area contributed by atoms with Crippen molar-refractivity contribution in [2.75, 3.05) is 69.1 Å². The second kappa shape index (κ2) is 19.6. The van der Waals surface area contributed by atoms with Crippen LogP contribution in [0, 0.1) is 11.3 Å². The predicted octanol–water partition coefficient (Wildman–Crippen LogP) is 8.50. The Morgan fingerprint density at radius 1 is 0.731 bits per heavy atom. The number of esters is 2. The van der Waals surface area contributed by atoms with Gasteiger partial charge >= 0.3 is 11.9 Å². The highest BCUT2D eigenvalue weighted by molar-refractivity contribution is 7.89. The molecule has 3 aromatic rings. The summed E-state index contributed by atoms with van der Waals surface area (Å²) in [6, 6.07) is 18.0. The highest BCUT2D eigenvalue weighted by Gasteiger charge is 2.61. The average Bonchev–Trinajstić information content (AvgIpc) is 3.66. The molecule has 15 nitrogen and oxygen atoms in total. The number of carbonyl (C=O) groups excluding carboxylic acids is 2. The van der Waals surface area contributed by atoms with Gasteiger partial charge in [0.1, 0.15) is 30.3 Å². The lowest BCUT2D eigenvalue weighted by Gasteiger charge is -2.44. The van der Waals surface area contributed by atoms with Gasteiger partial charge in [-0.1, -0.05) is 45.9 Å². The summed E-state index contributed by atoms with van der Waals surface area (Å²) < 4.78 is 71.1. The van der Waals surface area contributed by atoms with Crippen LogP contribution >= 0.6 is 8.53 Å². The molecule has 364 valence electrons. The third kappa shape index (κ3) is 8.95. The van der Waals surface area contributed by atoms with Crippen LogP contribution in [0.1, 0.15) is 117 Å². The van der Waals surface area contributed by atoms with E-state index in [1.165, 1.54) is 13.8 Å². The lowest BCUT2D eigenvalue weighted by molar-refractivity contribution is -0.141. The summed E-state index contributed by atoms with van der Waals surface area (Å²) in [5.41, 5.74) is 3.76. The number of nitriles is 1. The zero-order valence-corrected chi connectivity index (χ0v) is 42.9. The smallest absolute Gasteiger partial charge is 0.302 e. The molecule has 3 atom stereocenters. The Labute approximate surface area is 398 Å². The van der Waals surface area contributed by atoms with Gasteiger partial charge in [0.2, 0.25) is 10.0 Å². The first kappa shape index (κ1) is 50.5. The number of nitrogens with zero attached hydrogens (tertiary/aromatic N) is 5. The van der Waals surface area contributed by atoms with Crippen molar-refractivity contribution in [1.82, 2.24) is 8.98 Å². The fraction of sp³-hybridized carbons (Fsp3) is 0.580. The van der Waals surface area contributed by atoms with Crippen molar-refractivity contribution in [3.63, 3.8) is 0 Å². The van der Waals surface area contributed by atoms with E-state index < -0.39 is 34.9 Å². The zero-order valence-electron chi connectivity index (χ0n) is 41.2. The number of ether oxygens (including phenoxy) is 4. The van der Waals surface area contributed by atoms with E-state index in [2.05, 4.69) is 102 Å². The van der Waals surface area contributed by atoms with E-state index in [4.69, 9.17) is 33.3 Å². The predicted molar refractivity (Wildman–Crippen MR) is 258 cm³/mol. The maximum atomic E-state index is 15.4. The van der Waals surface area contributed by atoms with Gasteiger partial charge in [-0.25, -0.2) is 13.1 Å². The largest absolute Gasteiger partial charge is 0.464 e. The first-order valence-electron chi connectivity index (χ1n) is 23.4. The van der Waals surface area contributed by atoms with Gasteiger partial charge in [0.25, 0.3) is 8.53 Å². The Morgan fingerprint density at radius 2 is 1.24 bits per heavy atom. The molecule has 0 aliphatic carbocycles. The molecule has 0 saturated carbocycles. The molecule has 0 radical (unpaired) electrons. The number of hydrogen-bond donors (Lipinski definition) is 0. The summed E-state index contributed by atoms with van der Waals surface area (Å²) in [4.78, 5) is 28.4. The maximum Gasteiger partial charge on any atom is 0.302 e. The molecular formula is C50H68N5O10PS. The van der Waals surface area contributed by atoms with Gasteiger partial charge in [0.15, 0.2) is 0 Å². The SMILES string of the molecule is CC(=O)OCCN1c2cc3c(cc2C(C)(C)[C@@H]1C)C1(c2cc4c(cc2O3)N(CCOC(C)=O)[C@@H](C)C4(C)C)c2ccccc2S(=O)(=O)N1CCOCCOP(OCCC#N)N(C(C)C)C(C)C. The standard InChI is InChI=1S/C50H68N5O10PS/c1-32(2)55(33(3)4)66(63-22-15-18-51)64-27-26-60-23-21-54-50(38-16-13-14-17-47(38)67(54,58)59)41-28-39-43(52(19-24-61-36(7)56)34(5)48(39,9)10)30-45(41)65-46-31-44-40(29-42(46)50)49(11,12)35(6)53(44)20-25-62-37(8)57/h13-14,16-17,28-35H,15,19-27H2,1-12H3/t34-,35-,66?/m0/s1. The fourth-order valence-corrected chi connectivity index (χ4v) is 14.0. The molecule has 3 aromatic carbocycles. The van der Waals surface area contributed by atoms with Gasteiger partial charge in [-0.2, -0.15) is 9.57 Å². The highest BCUT2D eigenvalue weighted by atomic mass is 32.2. The van der Waals surface area contributed by atoms with Crippen molar-refractivity contribution < 1.29 is 46.0 Å². The number of hydrogen-bond acceptors (Lipinski definition) is 14. The van der Waals surface area contributed by atoms with E-state index in [0.29, 0.717) is 41.3 Å². The van der Waals surface area contributed by atoms with E-state index in [1.807, 2.05) is 24.3 Å². The van der Waals surface area contributed by atoms with E-state index in [9.17, 15) is 9.59 Å². The topological polar surface area (TPSA) is 160 Å². The molecule has 4 heterocycles. The van der Waals surface area contributed by atoms with Crippen molar-refractivity contribution in [2.24, 2.45) is 0 Å². The van der Waals surface area contributed by atoms with Crippen LogP contribution in [-0.4, -0.2) is 113 Å². The van der Waals surface area contributed by atoms with Crippen molar-refractivity contribution in [2.45, 2.75) is 135 Å². The molecule has 0 bridgehead atoms. The van der Waals surface area contributed by atoms with Gasteiger partial charge in [-0.3, -0.25) is 9.59 Å². The number of anilines is 2. The second-order valence-corrected chi connectivity index (χ2v) is 22.8. The lowest BCUT2D eigenvalue weighted by atomic mass is 9.71. The summed E-state index contributed by atoms with van der Waals surface area (Å²) in [6.07, 6.45) is 0.246. The Bertz CT molecular complexity index is 2400. The maximum absolute atomic E-state index is 15.4. The molecule has 0 saturated heterocycles. The van der Waals surface area contributed by atoms with Crippen LogP contribution < -0.4 is 14.5 Å². The van der Waals surface area contributed by atoms with E-state index >= 15 is 8.42 Å². The molecule has 1 unspecified atom stereocenters. The average molecular weight is 962 g/mol. The molecule has 0 aromatic heterocycles. The third-order valence-corrected chi connectivity index (χ3v) is 18.3. The fourth-order valence-electron chi connectivity index (χ4n) is 10.5. The summed E-state index contributed by atoms with van der Waals surface area (Å²) in [5, 5.41) is 9.17. The quantitative estimate of drug-likeness (QED) is 0.0639. The minimum absolute atomic E-state index is 0.00419. The Morgan fingerprint density at radius 3 is 1.73 bits per heavy atom. The first-order valence-corrected chi connectivity index (χ1v) is 26.0. The van der Waals surface area contributed by atoms with Crippen LogP contribution in [0.25, 0.3) is 0 Å². The van der Waals surface area contributed by atoms with Crippen molar-refractivity contribution in [1.29, 1.82) is 5.26 Å². The van der Waals surface area contributed by atoms with Crippen LogP contribution in [0.15, 0.2) is 53.4 Å². The molecule has 0 amide bonds. The van der Waals surface area contributed by atoms with Crippen LogP contribution in [0.5, 0.6) is 11.5 Å². The Balaban J connectivity index is 1.34. The molecule has 4 aliphatic heterocycles. The minimum atomic E-state index is -4.16. The first-order chi connectivity index (χ1) is 31.6. The molecule has 0 fully saturated rings. The lowest BCUT2D eigenvalue weighted by Crippen LogP contribution is -2.49. The summed E-state index contributed by atoms with van der Waals surface area (Å²) in [6.45, 7) is 26.2. The number of fused-ring (bicyclic) bond motifs is 8. The van der Waals surface area contributed by atoms with E-state index in [0.717, 1.165) is 22.5 Å². The van der Waals surface area contributed by atoms with E-state index in [1.54, 1.807) is 16.4 Å². The summed E-state index contributed by atoms with van der Waals surface area (Å²) >= 11 is 0. The molecule has 0 N–H and O–H groups in total. The molecule has 7 rings (SSSR count). The van der Waals surface area contributed by atoms with Crippen molar-refractivity contribution in [3.8, 4) is 17.6 Å². The minimum Gasteiger partial charge on any atom is -0.464 e. The molecule has 17 heteroatoms. The summed E-state index contributed by atoms with van der Waals surface area (Å²) in [7, 11) is -5.64. The van der Waals surface area contributed by atoms with Gasteiger partial charge < -0.3 is 37.8 Å². The molecule has 1 spiro atoms. The second-order valence-electron chi connectivity index (χ2n) is 19.5. The zero-order chi connectivity index (χ0) is 48.8. The van der Waals surface area contributed by atoms with Crippen molar-refractivity contribution >= 4 is 41.9 Å². The van der Waals surface area contributed by atoms with Crippen molar-refractivity contribution in [3.05, 3.63) is 76.3 Å². The van der Waals surface area contributed by atoms with Crippen LogP contribution in [0.4, 0.5) is 11.4 Å². The number of sulfonamides is 1. The molecular weight excluding hydrogens is 894 g/mol. The Hall–Kier alpha value is -4.33. The number of rotatable bonds is 19. The van der Waals surface area contributed by atoms with Gasteiger partial charge in [-0.15, -0.1) is 0 Å². The van der Waals surface area contributed by atoms with Gasteiger partial charge in [0.05, 0.1) is 56.9 Å². The summed E-state index contributed by atoms with van der Waals surface area (Å²) in [5.74, 6) is 0.332. The van der Waals surface area contributed by atoms with Gasteiger partial charge in [0, 0.05) is 95.6 Å². The number of carbonyl (C=O) groups is 2. The molecule has 4 aliphatic rings. The highest BCUT2D eigenvalue weighted by Crippen LogP contribution is 2.63.